The van der Waals surface area contributed by atoms with Gasteiger partial charge < -0.3 is 19.5 Å². The van der Waals surface area contributed by atoms with Gasteiger partial charge in [-0.2, -0.15) is 4.31 Å². The van der Waals surface area contributed by atoms with Crippen molar-refractivity contribution in [3.05, 3.63) is 23.2 Å². The van der Waals surface area contributed by atoms with Gasteiger partial charge in [0.05, 0.1) is 40.0 Å². The van der Waals surface area contributed by atoms with Crippen molar-refractivity contribution in [1.82, 2.24) is 4.31 Å². The molecule has 0 aliphatic carbocycles. The first kappa shape index (κ1) is 24.7. The first-order valence-electron chi connectivity index (χ1n) is 11.0. The summed E-state index contributed by atoms with van der Waals surface area (Å²) < 4.78 is 44.6. The molecule has 0 radical (unpaired) electrons. The van der Waals surface area contributed by atoms with E-state index < -0.39 is 10.0 Å². The number of rotatable bonds is 9. The highest BCUT2D eigenvalue weighted by Gasteiger charge is 2.39. The van der Waals surface area contributed by atoms with E-state index in [4.69, 9.17) is 25.8 Å². The third-order valence-electron chi connectivity index (χ3n) is 5.51. The Labute approximate surface area is 191 Å². The summed E-state index contributed by atoms with van der Waals surface area (Å²) in [6.07, 6.45) is 2.06. The lowest BCUT2D eigenvalue weighted by Gasteiger charge is -2.41. The van der Waals surface area contributed by atoms with Crippen LogP contribution in [0.4, 0.5) is 5.69 Å². The predicted octanol–water partition coefficient (Wildman–Crippen LogP) is 3.77. The summed E-state index contributed by atoms with van der Waals surface area (Å²) in [6, 6.07) is 4.83. The predicted molar refractivity (Wildman–Crippen MR) is 122 cm³/mol. The van der Waals surface area contributed by atoms with Gasteiger partial charge in [-0.3, -0.25) is 0 Å². The highest BCUT2D eigenvalue weighted by atomic mass is 35.5. The van der Waals surface area contributed by atoms with Crippen molar-refractivity contribution in [2.45, 2.75) is 63.2 Å². The summed E-state index contributed by atoms with van der Waals surface area (Å²) in [5.74, 6) is 0.342. The highest BCUT2D eigenvalue weighted by Crippen LogP contribution is 2.31. The maximum absolute atomic E-state index is 12.9. The van der Waals surface area contributed by atoms with E-state index in [0.29, 0.717) is 49.5 Å². The first-order chi connectivity index (χ1) is 14.6. The topological polar surface area (TPSA) is 77.1 Å². The lowest BCUT2D eigenvalue weighted by atomic mass is 9.95. The summed E-state index contributed by atoms with van der Waals surface area (Å²) >= 11 is 6.43. The van der Waals surface area contributed by atoms with Crippen molar-refractivity contribution in [2.24, 2.45) is 5.92 Å². The van der Waals surface area contributed by atoms with Crippen LogP contribution in [0.15, 0.2) is 23.1 Å². The van der Waals surface area contributed by atoms with Crippen LogP contribution in [-0.2, 0) is 24.2 Å². The molecule has 1 aromatic rings. The monoisotopic (exact) mass is 474 g/mol. The molecule has 2 aliphatic heterocycles. The largest absolute Gasteiger partial charge is 0.381 e. The van der Waals surface area contributed by atoms with E-state index in [1.165, 1.54) is 10.4 Å². The molecule has 2 aliphatic rings. The van der Waals surface area contributed by atoms with Gasteiger partial charge in [0.15, 0.2) is 0 Å². The Morgan fingerprint density at radius 1 is 1.32 bits per heavy atom. The number of hydrogen-bond donors (Lipinski definition) is 1. The summed E-state index contributed by atoms with van der Waals surface area (Å²) in [4.78, 5) is 0.194. The molecular weight excluding hydrogens is 440 g/mol. The van der Waals surface area contributed by atoms with E-state index in [9.17, 15) is 8.42 Å². The third-order valence-corrected chi connectivity index (χ3v) is 7.65. The van der Waals surface area contributed by atoms with Crippen molar-refractivity contribution in [3.8, 4) is 0 Å². The molecule has 1 N–H and O–H groups in total. The molecule has 7 nitrogen and oxygen atoms in total. The molecule has 176 valence electrons. The molecule has 31 heavy (non-hydrogen) atoms. The minimum Gasteiger partial charge on any atom is -0.381 e. The second-order valence-corrected chi connectivity index (χ2v) is 11.5. The van der Waals surface area contributed by atoms with Crippen LogP contribution in [0.5, 0.6) is 0 Å². The second kappa shape index (κ2) is 10.4. The van der Waals surface area contributed by atoms with Crippen LogP contribution < -0.4 is 5.32 Å². The number of hydrogen-bond acceptors (Lipinski definition) is 6. The summed E-state index contributed by atoms with van der Waals surface area (Å²) in [6.45, 7) is 11.3. The Balaban J connectivity index is 1.60. The zero-order valence-corrected chi connectivity index (χ0v) is 20.5. The molecule has 2 saturated heterocycles. The van der Waals surface area contributed by atoms with Crippen LogP contribution >= 0.6 is 11.6 Å². The Kier molecular flexibility index (Phi) is 8.27. The lowest BCUT2D eigenvalue weighted by molar-refractivity contribution is -0.103. The van der Waals surface area contributed by atoms with Gasteiger partial charge >= 0.3 is 0 Å². The average molecular weight is 475 g/mol. The summed E-state index contributed by atoms with van der Waals surface area (Å²) in [5, 5.41) is 3.70. The highest BCUT2D eigenvalue weighted by molar-refractivity contribution is 7.89. The molecule has 0 amide bonds. The van der Waals surface area contributed by atoms with Crippen LogP contribution in [0.1, 0.15) is 40.5 Å². The smallest absolute Gasteiger partial charge is 0.243 e. The van der Waals surface area contributed by atoms with Gasteiger partial charge in [0, 0.05) is 38.8 Å². The van der Waals surface area contributed by atoms with Crippen molar-refractivity contribution in [3.63, 3.8) is 0 Å². The zero-order valence-electron chi connectivity index (χ0n) is 18.9. The van der Waals surface area contributed by atoms with E-state index in [0.717, 1.165) is 19.4 Å². The zero-order chi connectivity index (χ0) is 22.6. The minimum atomic E-state index is -3.59. The molecule has 0 saturated carbocycles. The molecule has 2 unspecified atom stereocenters. The van der Waals surface area contributed by atoms with Crippen LogP contribution in [0, 0.1) is 5.92 Å². The summed E-state index contributed by atoms with van der Waals surface area (Å²) in [7, 11) is -3.59. The molecule has 0 spiro atoms. The standard InChI is InChI=1S/C22H35ClN2O5S/c1-5-29-21(16-7-6-10-28-15-16)12-24-20-9-8-18(11-19(20)23)31(26,27)25-13-17(14-25)30-22(2,3)4/h8-9,11,16-17,21,24H,5-7,10,12-15H2,1-4H3. The Hall–Kier alpha value is -0.900. The van der Waals surface area contributed by atoms with Crippen molar-refractivity contribution in [2.75, 3.05) is 44.8 Å². The van der Waals surface area contributed by atoms with Crippen LogP contribution in [0.25, 0.3) is 0 Å². The van der Waals surface area contributed by atoms with Gasteiger partial charge in [0.1, 0.15) is 0 Å². The Bertz CT molecular complexity index is 831. The Morgan fingerprint density at radius 3 is 2.65 bits per heavy atom. The van der Waals surface area contributed by atoms with Gasteiger partial charge in [-0.05, 0) is 58.7 Å². The quantitative estimate of drug-likeness (QED) is 0.587. The second-order valence-electron chi connectivity index (χ2n) is 9.17. The number of nitrogens with one attached hydrogen (secondary N) is 1. The van der Waals surface area contributed by atoms with E-state index in [1.54, 1.807) is 12.1 Å². The van der Waals surface area contributed by atoms with Crippen molar-refractivity contribution >= 4 is 27.3 Å². The molecular formula is C22H35ClN2O5S. The molecule has 0 bridgehead atoms. The molecule has 9 heteroatoms. The number of sulfonamides is 1. The lowest BCUT2D eigenvalue weighted by Crippen LogP contribution is -2.56. The van der Waals surface area contributed by atoms with Crippen molar-refractivity contribution < 1.29 is 22.6 Å². The van der Waals surface area contributed by atoms with E-state index in [-0.39, 0.29) is 22.7 Å². The van der Waals surface area contributed by atoms with Crippen LogP contribution in [0.2, 0.25) is 5.02 Å². The van der Waals surface area contributed by atoms with Crippen molar-refractivity contribution in [1.29, 1.82) is 0 Å². The van der Waals surface area contributed by atoms with Gasteiger partial charge in [-0.15, -0.1) is 0 Å². The van der Waals surface area contributed by atoms with E-state index in [2.05, 4.69) is 5.32 Å². The van der Waals surface area contributed by atoms with Crippen LogP contribution in [0.3, 0.4) is 0 Å². The fraction of sp³-hybridized carbons (Fsp3) is 0.727. The first-order valence-corrected chi connectivity index (χ1v) is 12.8. The summed E-state index contributed by atoms with van der Waals surface area (Å²) in [5.41, 5.74) is 0.403. The molecule has 1 aromatic carbocycles. The molecule has 2 atom stereocenters. The number of anilines is 1. The maximum Gasteiger partial charge on any atom is 0.243 e. The minimum absolute atomic E-state index is 0.0191. The van der Waals surface area contributed by atoms with Gasteiger partial charge in [0.25, 0.3) is 0 Å². The SMILES string of the molecule is CCOC(CNc1ccc(S(=O)(=O)N2CC(OC(C)(C)C)C2)cc1Cl)C1CCCOC1. The Morgan fingerprint density at radius 2 is 2.06 bits per heavy atom. The van der Waals surface area contributed by atoms with Crippen LogP contribution in [-0.4, -0.2) is 70.0 Å². The van der Waals surface area contributed by atoms with Gasteiger partial charge in [-0.1, -0.05) is 11.6 Å². The fourth-order valence-corrected chi connectivity index (χ4v) is 5.81. The van der Waals surface area contributed by atoms with Gasteiger partial charge in [0.2, 0.25) is 10.0 Å². The molecule has 2 fully saturated rings. The number of halogens is 1. The third kappa shape index (κ3) is 6.55. The molecule has 2 heterocycles. The normalized spacial score (nSPS) is 22.2. The molecule has 3 rings (SSSR count). The average Bonchev–Trinajstić information content (AvgIpc) is 2.68. The van der Waals surface area contributed by atoms with Gasteiger partial charge in [-0.25, -0.2) is 8.42 Å². The molecule has 0 aromatic heterocycles. The number of benzene rings is 1. The number of ether oxygens (including phenoxy) is 3. The van der Waals surface area contributed by atoms with E-state index in [1.807, 2.05) is 27.7 Å². The fourth-order valence-electron chi connectivity index (χ4n) is 3.97. The number of nitrogens with zero attached hydrogens (tertiary/aromatic N) is 1. The van der Waals surface area contributed by atoms with E-state index >= 15 is 0 Å². The maximum atomic E-state index is 12.9.